The van der Waals surface area contributed by atoms with Crippen LogP contribution in [0.5, 0.6) is 17.2 Å². The Morgan fingerprint density at radius 3 is 2.76 bits per heavy atom. The number of hydrogen-bond donors (Lipinski definition) is 2. The maximum absolute atomic E-state index is 13.3. The molecule has 2 N–H and O–H groups in total. The summed E-state index contributed by atoms with van der Waals surface area (Å²) in [5, 5.41) is 17.1. The van der Waals surface area contributed by atoms with Gasteiger partial charge in [0, 0.05) is 30.4 Å². The zero-order valence-corrected chi connectivity index (χ0v) is 26.1. The second-order valence-corrected chi connectivity index (χ2v) is 12.8. The van der Waals surface area contributed by atoms with Crippen LogP contribution >= 0.6 is 0 Å². The molecule has 1 saturated heterocycles. The minimum atomic E-state index is -1.04. The molecule has 4 heterocycles. The van der Waals surface area contributed by atoms with Gasteiger partial charge >= 0.3 is 5.97 Å². The first-order valence-corrected chi connectivity index (χ1v) is 16.1. The molecule has 236 valence electrons. The van der Waals surface area contributed by atoms with Gasteiger partial charge in [0.25, 0.3) is 0 Å². The first-order valence-electron chi connectivity index (χ1n) is 16.1. The van der Waals surface area contributed by atoms with Crippen molar-refractivity contribution in [2.45, 2.75) is 70.0 Å². The van der Waals surface area contributed by atoms with Gasteiger partial charge in [-0.25, -0.2) is 4.79 Å². The van der Waals surface area contributed by atoms with Crippen molar-refractivity contribution in [1.29, 1.82) is 0 Å². The van der Waals surface area contributed by atoms with Crippen LogP contribution in [0.2, 0.25) is 0 Å². The molecule has 1 saturated carbocycles. The van der Waals surface area contributed by atoms with E-state index >= 15 is 0 Å². The fourth-order valence-electron chi connectivity index (χ4n) is 7.62. The molecule has 2 fully saturated rings. The molecule has 2 aromatic rings. The van der Waals surface area contributed by atoms with Crippen LogP contribution in [0, 0.1) is 5.92 Å². The van der Waals surface area contributed by atoms with Gasteiger partial charge < -0.3 is 29.4 Å². The summed E-state index contributed by atoms with van der Waals surface area (Å²) in [6, 6.07) is 7.89. The summed E-state index contributed by atoms with van der Waals surface area (Å²) in [5.74, 6) is 1.13. The number of aliphatic hydroxyl groups is 1. The third-order valence-corrected chi connectivity index (χ3v) is 10.1. The molecule has 9 heteroatoms. The number of fused-ring (bicyclic) bond motifs is 3. The highest BCUT2D eigenvalue weighted by molar-refractivity contribution is 5.98. The number of carbonyl (C=O) groups excluding carboxylic acids is 2. The summed E-state index contributed by atoms with van der Waals surface area (Å²) in [6.07, 6.45) is 7.07. The molecule has 0 bridgehead atoms. The van der Waals surface area contributed by atoms with Gasteiger partial charge in [0.15, 0.2) is 0 Å². The predicted octanol–water partition coefficient (Wildman–Crippen LogP) is 3.29. The quantitative estimate of drug-likeness (QED) is 0.478. The molecule has 7 rings (SSSR count). The van der Waals surface area contributed by atoms with Crippen LogP contribution in [0.25, 0.3) is 11.6 Å². The molecular weight excluding hydrogens is 572 g/mol. The average Bonchev–Trinajstić information content (AvgIpc) is 3.71. The standard InChI is InChI=1S/C36H40N2O7/c1-4-43-35(40)31-17-25(21-6-8-28(39)24(16-21)20-5-7-27-22(15-20)9-14-38-27)33-30(44-31)19-29-26(34(33)42-3)18-32(45-29)36(2,41)23-10-12-37-13-11-23/h5,7,9,15,17,19,23-24,32,37,41H,4,6,8,10-14,16,18H2,1-3H3. The van der Waals surface area contributed by atoms with Crippen LogP contribution in [-0.2, 0) is 20.7 Å². The number of methoxy groups -OCH3 is 1. The number of esters is 1. The molecule has 1 aliphatic carbocycles. The fraction of sp³-hybridized carbons (Fsp3) is 0.472. The normalized spacial score (nSPS) is 25.3. The summed E-state index contributed by atoms with van der Waals surface area (Å²) < 4.78 is 24.1. The summed E-state index contributed by atoms with van der Waals surface area (Å²) >= 11 is 0. The van der Waals surface area contributed by atoms with Crippen LogP contribution in [0.3, 0.4) is 0 Å². The highest BCUT2D eigenvalue weighted by Crippen LogP contribution is 2.53. The van der Waals surface area contributed by atoms with E-state index in [9.17, 15) is 14.7 Å². The number of ether oxygens (including phenoxy) is 4. The third-order valence-electron chi connectivity index (χ3n) is 10.1. The topological polar surface area (TPSA) is 116 Å². The molecule has 2 aromatic carbocycles. The van der Waals surface area contributed by atoms with Crippen molar-refractivity contribution in [2.24, 2.45) is 10.9 Å². The smallest absolute Gasteiger partial charge is 0.374 e. The van der Waals surface area contributed by atoms with Crippen LogP contribution in [0.15, 0.2) is 46.7 Å². The molecule has 0 aromatic heterocycles. The van der Waals surface area contributed by atoms with Crippen LogP contribution < -0.4 is 30.1 Å². The van der Waals surface area contributed by atoms with Gasteiger partial charge in [-0.15, -0.1) is 0 Å². The number of piperidine rings is 1. The Kier molecular flexibility index (Phi) is 7.78. The molecule has 4 aliphatic heterocycles. The van der Waals surface area contributed by atoms with Crippen molar-refractivity contribution in [3.63, 3.8) is 0 Å². The van der Waals surface area contributed by atoms with E-state index in [-0.39, 0.29) is 30.0 Å². The monoisotopic (exact) mass is 612 g/mol. The van der Waals surface area contributed by atoms with E-state index < -0.39 is 17.7 Å². The van der Waals surface area contributed by atoms with Crippen LogP contribution in [-0.4, -0.2) is 61.9 Å². The van der Waals surface area contributed by atoms with E-state index in [1.165, 1.54) is 0 Å². The average molecular weight is 613 g/mol. The lowest BCUT2D eigenvalue weighted by molar-refractivity contribution is -0.141. The van der Waals surface area contributed by atoms with Gasteiger partial charge in [0.1, 0.15) is 34.7 Å². The highest BCUT2D eigenvalue weighted by Gasteiger charge is 2.46. The minimum absolute atomic E-state index is 0.0762. The summed E-state index contributed by atoms with van der Waals surface area (Å²) in [6.45, 7) is 6.24. The number of nitrogens with zero attached hydrogens (tertiary/aromatic N) is 1. The highest BCUT2D eigenvalue weighted by atomic mass is 16.6. The lowest BCUT2D eigenvalue weighted by Crippen LogP contribution is -2.51. The first kappa shape index (κ1) is 29.7. The fourth-order valence-corrected chi connectivity index (χ4v) is 7.62. The number of rotatable bonds is 6. The lowest BCUT2D eigenvalue weighted by Gasteiger charge is -2.39. The van der Waals surface area contributed by atoms with Crippen molar-refractivity contribution in [1.82, 2.24) is 5.32 Å². The number of ketones is 1. The molecular formula is C36H40N2O7. The van der Waals surface area contributed by atoms with Gasteiger partial charge in [0.2, 0.25) is 5.76 Å². The van der Waals surface area contributed by atoms with E-state index in [2.05, 4.69) is 22.5 Å². The maximum atomic E-state index is 13.3. The number of benzene rings is 2. The Hall–Kier alpha value is -3.95. The first-order chi connectivity index (χ1) is 21.8. The molecule has 45 heavy (non-hydrogen) atoms. The molecule has 3 atom stereocenters. The molecule has 0 spiro atoms. The Morgan fingerprint density at radius 2 is 1.98 bits per heavy atom. The van der Waals surface area contributed by atoms with Crippen molar-refractivity contribution in [3.05, 3.63) is 68.9 Å². The molecule has 0 radical (unpaired) electrons. The second-order valence-electron chi connectivity index (χ2n) is 12.8. The van der Waals surface area contributed by atoms with Crippen LogP contribution in [0.1, 0.15) is 68.6 Å². The van der Waals surface area contributed by atoms with Gasteiger partial charge in [-0.3, -0.25) is 9.79 Å². The zero-order valence-electron chi connectivity index (χ0n) is 26.1. The zero-order chi connectivity index (χ0) is 31.3. The Morgan fingerprint density at radius 1 is 1.16 bits per heavy atom. The number of allylic oxidation sites excluding steroid dienone is 3. The van der Waals surface area contributed by atoms with Gasteiger partial charge in [-0.05, 0) is 93.1 Å². The van der Waals surface area contributed by atoms with Crippen molar-refractivity contribution in [3.8, 4) is 17.2 Å². The second kappa shape index (κ2) is 11.8. The summed E-state index contributed by atoms with van der Waals surface area (Å²) in [5.41, 5.74) is 3.40. The summed E-state index contributed by atoms with van der Waals surface area (Å²) in [7, 11) is 1.63. The Labute approximate surface area is 262 Å². The van der Waals surface area contributed by atoms with Crippen LogP contribution in [0.4, 0.5) is 0 Å². The summed E-state index contributed by atoms with van der Waals surface area (Å²) in [4.78, 5) is 30.8. The number of nitrogens with one attached hydrogen (secondary N) is 1. The van der Waals surface area contributed by atoms with Crippen molar-refractivity contribution < 1.29 is 33.6 Å². The van der Waals surface area contributed by atoms with Gasteiger partial charge in [0.05, 0.1) is 31.2 Å². The maximum Gasteiger partial charge on any atom is 0.374 e. The van der Waals surface area contributed by atoms with Gasteiger partial charge in [-0.1, -0.05) is 17.7 Å². The number of Topliss-reactive ketones (excluding diaryl/α,β-unsaturated/α-hetero) is 1. The van der Waals surface area contributed by atoms with Crippen molar-refractivity contribution in [2.75, 3.05) is 33.4 Å². The van der Waals surface area contributed by atoms with E-state index in [4.69, 9.17) is 18.9 Å². The van der Waals surface area contributed by atoms with E-state index in [0.29, 0.717) is 49.5 Å². The molecule has 9 nitrogen and oxygen atoms in total. The Balaban J connectivity index is 1.31. The van der Waals surface area contributed by atoms with E-state index in [1.54, 1.807) is 20.1 Å². The van der Waals surface area contributed by atoms with Crippen molar-refractivity contribution >= 4 is 23.4 Å². The lowest BCUT2D eigenvalue weighted by atomic mass is 9.76. The number of hydrogen-bond acceptors (Lipinski definition) is 9. The molecule has 5 aliphatic rings. The largest absolute Gasteiger partial charge is 0.496 e. The number of carbonyl (C=O) groups is 2. The molecule has 0 amide bonds. The minimum Gasteiger partial charge on any atom is -0.496 e. The predicted molar refractivity (Wildman–Crippen MR) is 168 cm³/mol. The molecule has 3 unspecified atom stereocenters. The SMILES string of the molecule is CCOC(=O)C1=CC(=C2CCC(=O)C(c3ccc4c(c3)=CCN=4)C2)c2c(cc3c(c2OC)CC(C(C)(O)C2CCNCC2)O3)O1. The Bertz CT molecular complexity index is 1750. The third kappa shape index (κ3) is 5.25. The van der Waals surface area contributed by atoms with E-state index in [0.717, 1.165) is 64.3 Å². The van der Waals surface area contributed by atoms with E-state index in [1.807, 2.05) is 25.1 Å². The van der Waals surface area contributed by atoms with Gasteiger partial charge in [-0.2, -0.15) is 0 Å².